The van der Waals surface area contributed by atoms with Gasteiger partial charge in [-0.05, 0) is 32.1 Å². The molecule has 0 aromatic carbocycles. The van der Waals surface area contributed by atoms with Gasteiger partial charge in [-0.2, -0.15) is 5.10 Å². The Morgan fingerprint density at radius 1 is 1.38 bits per heavy atom. The standard InChI is InChI=1S/C16H26N6O.HI/c1-17-15(19-13-7-2-3-8-13)18-10-6-12-22-16(23)21-11-5-4-9-14(21)20-22;/h2-3,13H,4-12H2,1H3,(H2,17,18,19);1H. The van der Waals surface area contributed by atoms with Gasteiger partial charge in [0.15, 0.2) is 5.96 Å². The van der Waals surface area contributed by atoms with Gasteiger partial charge in [0.1, 0.15) is 5.82 Å². The highest BCUT2D eigenvalue weighted by molar-refractivity contribution is 14.0. The van der Waals surface area contributed by atoms with Crippen molar-refractivity contribution in [2.24, 2.45) is 4.99 Å². The van der Waals surface area contributed by atoms with E-state index in [0.717, 1.165) is 63.4 Å². The zero-order valence-electron chi connectivity index (χ0n) is 14.2. The summed E-state index contributed by atoms with van der Waals surface area (Å²) in [6.45, 7) is 2.24. The lowest BCUT2D eigenvalue weighted by Gasteiger charge is -2.16. The molecular weight excluding hydrogens is 419 g/mol. The van der Waals surface area contributed by atoms with E-state index in [1.807, 2.05) is 4.57 Å². The Morgan fingerprint density at radius 2 is 2.17 bits per heavy atom. The Kier molecular flexibility index (Phi) is 7.32. The Hall–Kier alpha value is -1.32. The van der Waals surface area contributed by atoms with Crippen LogP contribution in [-0.4, -0.2) is 39.9 Å². The molecular formula is C16H27IN6O. The topological polar surface area (TPSA) is 76.2 Å². The van der Waals surface area contributed by atoms with Crippen LogP contribution in [0.4, 0.5) is 0 Å². The summed E-state index contributed by atoms with van der Waals surface area (Å²) in [4.78, 5) is 16.5. The van der Waals surface area contributed by atoms with E-state index in [1.54, 1.807) is 11.7 Å². The van der Waals surface area contributed by atoms with Gasteiger partial charge in [-0.25, -0.2) is 9.48 Å². The second-order valence-electron chi connectivity index (χ2n) is 6.17. The quantitative estimate of drug-likeness (QED) is 0.235. The van der Waals surface area contributed by atoms with Gasteiger partial charge in [0.05, 0.1) is 0 Å². The number of hydrogen-bond donors (Lipinski definition) is 2. The SMILES string of the molecule is CN=C(NCCCn1nc2n(c1=O)CCCC2)NC1CC=CC1.I. The van der Waals surface area contributed by atoms with Crippen molar-refractivity contribution in [3.05, 3.63) is 28.5 Å². The molecule has 7 nitrogen and oxygen atoms in total. The molecule has 3 rings (SSSR count). The molecule has 0 fully saturated rings. The van der Waals surface area contributed by atoms with Crippen LogP contribution in [0.3, 0.4) is 0 Å². The first-order chi connectivity index (χ1) is 11.3. The summed E-state index contributed by atoms with van der Waals surface area (Å²) in [6, 6.07) is 0.448. The molecule has 0 bridgehead atoms. The van der Waals surface area contributed by atoms with Crippen LogP contribution in [0.25, 0.3) is 0 Å². The van der Waals surface area contributed by atoms with Gasteiger partial charge < -0.3 is 10.6 Å². The number of nitrogens with one attached hydrogen (secondary N) is 2. The smallest absolute Gasteiger partial charge is 0.345 e. The summed E-state index contributed by atoms with van der Waals surface area (Å²) >= 11 is 0. The van der Waals surface area contributed by atoms with Crippen LogP contribution < -0.4 is 16.3 Å². The van der Waals surface area contributed by atoms with E-state index in [-0.39, 0.29) is 29.7 Å². The van der Waals surface area contributed by atoms with Gasteiger partial charge in [0.25, 0.3) is 0 Å². The van der Waals surface area contributed by atoms with Crippen LogP contribution in [0.15, 0.2) is 21.9 Å². The van der Waals surface area contributed by atoms with Gasteiger partial charge in [-0.1, -0.05) is 12.2 Å². The van der Waals surface area contributed by atoms with Crippen LogP contribution in [0, 0.1) is 0 Å². The molecule has 0 spiro atoms. The Bertz CT molecular complexity index is 639. The largest absolute Gasteiger partial charge is 0.356 e. The van der Waals surface area contributed by atoms with Gasteiger partial charge in [-0.3, -0.25) is 9.56 Å². The molecule has 2 heterocycles. The molecule has 0 unspecified atom stereocenters. The van der Waals surface area contributed by atoms with E-state index in [4.69, 9.17) is 0 Å². The molecule has 0 radical (unpaired) electrons. The van der Waals surface area contributed by atoms with E-state index in [1.165, 1.54) is 0 Å². The third kappa shape index (κ3) is 4.61. The zero-order valence-corrected chi connectivity index (χ0v) is 16.5. The van der Waals surface area contributed by atoms with Crippen molar-refractivity contribution < 1.29 is 0 Å². The molecule has 24 heavy (non-hydrogen) atoms. The Labute approximate surface area is 159 Å². The van der Waals surface area contributed by atoms with E-state index < -0.39 is 0 Å². The fraction of sp³-hybridized carbons (Fsp3) is 0.688. The number of guanidine groups is 1. The molecule has 0 saturated heterocycles. The van der Waals surface area contributed by atoms with Crippen molar-refractivity contribution in [2.45, 2.75) is 57.7 Å². The third-order valence-electron chi connectivity index (χ3n) is 4.44. The number of aryl methyl sites for hydroxylation is 2. The summed E-state index contributed by atoms with van der Waals surface area (Å²) in [7, 11) is 1.78. The monoisotopic (exact) mass is 446 g/mol. The molecule has 1 aliphatic heterocycles. The van der Waals surface area contributed by atoms with Crippen molar-refractivity contribution in [3.63, 3.8) is 0 Å². The first-order valence-corrected chi connectivity index (χ1v) is 8.56. The summed E-state index contributed by atoms with van der Waals surface area (Å²) < 4.78 is 3.43. The van der Waals surface area contributed by atoms with Crippen LogP contribution in [0.1, 0.15) is 37.9 Å². The van der Waals surface area contributed by atoms with E-state index in [0.29, 0.717) is 12.6 Å². The lowest BCUT2D eigenvalue weighted by atomic mass is 10.2. The molecule has 1 aromatic rings. The predicted octanol–water partition coefficient (Wildman–Crippen LogP) is 1.27. The molecule has 2 N–H and O–H groups in total. The fourth-order valence-corrected chi connectivity index (χ4v) is 3.15. The van der Waals surface area contributed by atoms with Crippen molar-refractivity contribution in [2.75, 3.05) is 13.6 Å². The Morgan fingerprint density at radius 3 is 2.88 bits per heavy atom. The highest BCUT2D eigenvalue weighted by Crippen LogP contribution is 2.09. The predicted molar refractivity (Wildman–Crippen MR) is 106 cm³/mol. The van der Waals surface area contributed by atoms with Crippen LogP contribution in [0.5, 0.6) is 0 Å². The van der Waals surface area contributed by atoms with E-state index in [2.05, 4.69) is 32.9 Å². The summed E-state index contributed by atoms with van der Waals surface area (Å²) in [5, 5.41) is 11.2. The van der Waals surface area contributed by atoms with Crippen LogP contribution >= 0.6 is 24.0 Å². The summed E-state index contributed by atoms with van der Waals surface area (Å²) in [5.74, 6) is 1.77. The number of halogens is 1. The van der Waals surface area contributed by atoms with Crippen molar-refractivity contribution in [3.8, 4) is 0 Å². The van der Waals surface area contributed by atoms with Gasteiger partial charge in [0.2, 0.25) is 0 Å². The average Bonchev–Trinajstić information content (AvgIpc) is 3.19. The molecule has 1 aliphatic carbocycles. The number of aliphatic imine (C=N–C) groups is 1. The van der Waals surface area contributed by atoms with E-state index in [9.17, 15) is 4.79 Å². The highest BCUT2D eigenvalue weighted by Gasteiger charge is 2.16. The molecule has 0 saturated carbocycles. The first-order valence-electron chi connectivity index (χ1n) is 8.56. The maximum Gasteiger partial charge on any atom is 0.345 e. The lowest BCUT2D eigenvalue weighted by Crippen LogP contribution is -2.43. The van der Waals surface area contributed by atoms with Crippen molar-refractivity contribution >= 4 is 29.9 Å². The minimum atomic E-state index is 0. The first kappa shape index (κ1) is 19.0. The molecule has 8 heteroatoms. The number of fused-ring (bicyclic) bond motifs is 1. The second kappa shape index (κ2) is 9.24. The van der Waals surface area contributed by atoms with E-state index >= 15 is 0 Å². The molecule has 1 aromatic heterocycles. The van der Waals surface area contributed by atoms with Crippen LogP contribution in [0.2, 0.25) is 0 Å². The number of rotatable bonds is 5. The molecule has 0 atom stereocenters. The number of aromatic nitrogens is 3. The van der Waals surface area contributed by atoms with Gasteiger partial charge in [-0.15, -0.1) is 24.0 Å². The minimum absolute atomic E-state index is 0. The third-order valence-corrected chi connectivity index (χ3v) is 4.44. The van der Waals surface area contributed by atoms with Crippen LogP contribution in [-0.2, 0) is 19.5 Å². The maximum absolute atomic E-state index is 12.2. The van der Waals surface area contributed by atoms with Crippen molar-refractivity contribution in [1.82, 2.24) is 25.0 Å². The highest BCUT2D eigenvalue weighted by atomic mass is 127. The van der Waals surface area contributed by atoms with Crippen molar-refractivity contribution in [1.29, 1.82) is 0 Å². The summed E-state index contributed by atoms with van der Waals surface area (Å²) in [5.41, 5.74) is 0.0410. The maximum atomic E-state index is 12.2. The molecule has 2 aliphatic rings. The summed E-state index contributed by atoms with van der Waals surface area (Å²) in [6.07, 6.45) is 10.5. The van der Waals surface area contributed by atoms with Gasteiger partial charge >= 0.3 is 5.69 Å². The molecule has 0 amide bonds. The number of hydrogen-bond acceptors (Lipinski definition) is 3. The average molecular weight is 446 g/mol. The normalized spacial score (nSPS) is 17.5. The van der Waals surface area contributed by atoms with Gasteiger partial charge in [0, 0.05) is 39.1 Å². The fourth-order valence-electron chi connectivity index (χ4n) is 3.15. The minimum Gasteiger partial charge on any atom is -0.356 e. The number of nitrogens with zero attached hydrogens (tertiary/aromatic N) is 4. The zero-order chi connectivity index (χ0) is 16.1. The molecule has 134 valence electrons. The lowest BCUT2D eigenvalue weighted by molar-refractivity contribution is 0.509. The Balaban J connectivity index is 0.00000208. The second-order valence-corrected chi connectivity index (χ2v) is 6.17.